The Bertz CT molecular complexity index is 1050. The van der Waals surface area contributed by atoms with Gasteiger partial charge in [-0.05, 0) is 12.5 Å². The highest BCUT2D eigenvalue weighted by molar-refractivity contribution is 7.99. The maximum absolute atomic E-state index is 6.37. The lowest BCUT2D eigenvalue weighted by Gasteiger charge is -2.23. The lowest BCUT2D eigenvalue weighted by Crippen LogP contribution is -2.19. The third-order valence-electron chi connectivity index (χ3n) is 4.78. The van der Waals surface area contributed by atoms with Crippen LogP contribution in [0.4, 0.5) is 5.69 Å². The van der Waals surface area contributed by atoms with Crippen LogP contribution in [-0.4, -0.2) is 42.3 Å². The van der Waals surface area contributed by atoms with Crippen LogP contribution in [0.1, 0.15) is 25.1 Å². The van der Waals surface area contributed by atoms with E-state index in [0.29, 0.717) is 39.5 Å². The first-order valence-corrected chi connectivity index (χ1v) is 10.9. The van der Waals surface area contributed by atoms with E-state index < -0.39 is 6.23 Å². The summed E-state index contributed by atoms with van der Waals surface area (Å²) in [5.74, 6) is 3.05. The Morgan fingerprint density at radius 2 is 1.77 bits per heavy atom. The van der Waals surface area contributed by atoms with Gasteiger partial charge in [-0.3, -0.25) is 0 Å². The Kier molecular flexibility index (Phi) is 6.31. The Morgan fingerprint density at radius 3 is 2.45 bits per heavy atom. The molecule has 0 fully saturated rings. The number of benzene rings is 2. The zero-order valence-corrected chi connectivity index (χ0v) is 18.7. The van der Waals surface area contributed by atoms with Crippen LogP contribution in [0.15, 0.2) is 41.6 Å². The molecule has 0 spiro atoms. The van der Waals surface area contributed by atoms with Crippen molar-refractivity contribution in [2.24, 2.45) is 0 Å². The molecule has 0 unspecified atom stereocenters. The van der Waals surface area contributed by atoms with Crippen molar-refractivity contribution in [3.05, 3.63) is 42.0 Å². The second-order valence-electron chi connectivity index (χ2n) is 6.73. The van der Waals surface area contributed by atoms with Gasteiger partial charge in [-0.2, -0.15) is 4.98 Å². The summed E-state index contributed by atoms with van der Waals surface area (Å²) < 4.78 is 23.0. The van der Waals surface area contributed by atoms with Gasteiger partial charge in [0, 0.05) is 29.1 Å². The molecule has 4 rings (SSSR count). The topological polar surface area (TPSA) is 87.6 Å². The fraction of sp³-hybridized carbons (Fsp3) is 0.318. The van der Waals surface area contributed by atoms with E-state index in [1.54, 1.807) is 45.2 Å². The van der Waals surface area contributed by atoms with Crippen molar-refractivity contribution in [3.63, 3.8) is 0 Å². The molecule has 1 N–H and O–H groups in total. The maximum Gasteiger partial charge on any atom is 0.247 e. The van der Waals surface area contributed by atoms with Crippen molar-refractivity contribution < 1.29 is 18.9 Å². The molecule has 1 atom stereocenters. The molecule has 0 saturated carbocycles. The van der Waals surface area contributed by atoms with Crippen LogP contribution in [0.5, 0.6) is 23.1 Å². The highest BCUT2D eigenvalue weighted by Gasteiger charge is 2.30. The van der Waals surface area contributed by atoms with Crippen molar-refractivity contribution in [3.8, 4) is 34.4 Å². The number of para-hydroxylation sites is 1. The number of ether oxygens (including phenoxy) is 4. The molecular weight excluding hydrogens is 416 g/mol. The zero-order chi connectivity index (χ0) is 21.8. The Morgan fingerprint density at radius 1 is 1.03 bits per heavy atom. The van der Waals surface area contributed by atoms with Crippen molar-refractivity contribution in [2.75, 3.05) is 32.4 Å². The molecule has 1 aliphatic heterocycles. The molecule has 1 aromatic heterocycles. The summed E-state index contributed by atoms with van der Waals surface area (Å²) in [6.07, 6.45) is 0.373. The fourth-order valence-corrected chi connectivity index (χ4v) is 3.96. The number of anilines is 1. The normalized spacial score (nSPS) is 14.4. The van der Waals surface area contributed by atoms with Crippen molar-refractivity contribution in [1.29, 1.82) is 0 Å². The van der Waals surface area contributed by atoms with E-state index in [9.17, 15) is 0 Å². The van der Waals surface area contributed by atoms with Gasteiger partial charge in [0.25, 0.3) is 0 Å². The largest absolute Gasteiger partial charge is 0.496 e. The monoisotopic (exact) mass is 440 g/mol. The average Bonchev–Trinajstić information content (AvgIpc) is 2.97. The summed E-state index contributed by atoms with van der Waals surface area (Å²) in [7, 11) is 4.79. The smallest absolute Gasteiger partial charge is 0.247 e. The van der Waals surface area contributed by atoms with Gasteiger partial charge in [0.2, 0.25) is 17.3 Å². The van der Waals surface area contributed by atoms with Crippen LogP contribution in [0.25, 0.3) is 11.3 Å². The van der Waals surface area contributed by atoms with Gasteiger partial charge in [-0.25, -0.2) is 0 Å². The van der Waals surface area contributed by atoms with Crippen LogP contribution in [-0.2, 0) is 0 Å². The number of hydrogen-bond donors (Lipinski definition) is 1. The minimum Gasteiger partial charge on any atom is -0.496 e. The molecule has 8 nitrogen and oxygen atoms in total. The van der Waals surface area contributed by atoms with E-state index >= 15 is 0 Å². The maximum atomic E-state index is 6.37. The van der Waals surface area contributed by atoms with Gasteiger partial charge in [-0.15, -0.1) is 10.2 Å². The molecule has 0 saturated heterocycles. The number of aromatic nitrogens is 3. The fourth-order valence-electron chi connectivity index (χ4n) is 3.32. The van der Waals surface area contributed by atoms with Crippen molar-refractivity contribution in [2.45, 2.75) is 24.7 Å². The molecule has 0 radical (unpaired) electrons. The number of fused-ring (bicyclic) bond motifs is 3. The standard InChI is InChI=1S/C22H24N4O4S/c1-5-10-31-22-24-21-19(25-26-22)14-8-6-7-9-15(14)23-20(30-21)18-16(28-3)11-13(27-2)12-17(18)29-4/h6-9,11-12,20,23H,5,10H2,1-4H3/t20-/m1/s1. The number of rotatable bonds is 7. The first-order valence-electron chi connectivity index (χ1n) is 9.88. The highest BCUT2D eigenvalue weighted by Crippen LogP contribution is 2.45. The molecule has 3 aromatic rings. The summed E-state index contributed by atoms with van der Waals surface area (Å²) in [6.45, 7) is 2.11. The summed E-state index contributed by atoms with van der Waals surface area (Å²) >= 11 is 1.55. The van der Waals surface area contributed by atoms with E-state index in [1.165, 1.54) is 0 Å². The number of thioether (sulfide) groups is 1. The average molecular weight is 441 g/mol. The Labute approximate surface area is 185 Å². The summed E-state index contributed by atoms with van der Waals surface area (Å²) in [5, 5.41) is 12.7. The van der Waals surface area contributed by atoms with Gasteiger partial charge in [0.1, 0.15) is 17.2 Å². The molecule has 31 heavy (non-hydrogen) atoms. The second-order valence-corrected chi connectivity index (χ2v) is 7.79. The summed E-state index contributed by atoms with van der Waals surface area (Å²) in [5.41, 5.74) is 2.97. The van der Waals surface area contributed by atoms with Crippen LogP contribution in [0, 0.1) is 0 Å². The molecular formula is C22H24N4O4S. The molecule has 0 aliphatic carbocycles. The second kappa shape index (κ2) is 9.30. The minimum absolute atomic E-state index is 0.399. The van der Waals surface area contributed by atoms with E-state index in [2.05, 4.69) is 27.4 Å². The van der Waals surface area contributed by atoms with Crippen LogP contribution >= 0.6 is 11.8 Å². The number of nitrogens with one attached hydrogen (secondary N) is 1. The first-order chi connectivity index (χ1) is 15.2. The predicted molar refractivity (Wildman–Crippen MR) is 119 cm³/mol. The van der Waals surface area contributed by atoms with Gasteiger partial charge >= 0.3 is 0 Å². The van der Waals surface area contributed by atoms with Crippen LogP contribution in [0.2, 0.25) is 0 Å². The molecule has 162 valence electrons. The molecule has 0 amide bonds. The lowest BCUT2D eigenvalue weighted by atomic mass is 10.1. The quantitative estimate of drug-likeness (QED) is 0.531. The van der Waals surface area contributed by atoms with Gasteiger partial charge in [0.05, 0.1) is 26.9 Å². The summed E-state index contributed by atoms with van der Waals surface area (Å²) in [6, 6.07) is 11.4. The number of nitrogens with zero attached hydrogens (tertiary/aromatic N) is 3. The number of hydrogen-bond acceptors (Lipinski definition) is 9. The minimum atomic E-state index is -0.640. The lowest BCUT2D eigenvalue weighted by molar-refractivity contribution is 0.213. The Balaban J connectivity index is 1.85. The van der Waals surface area contributed by atoms with E-state index in [1.807, 2.05) is 24.3 Å². The highest BCUT2D eigenvalue weighted by atomic mass is 32.2. The van der Waals surface area contributed by atoms with Gasteiger partial charge in [0.15, 0.2) is 5.69 Å². The van der Waals surface area contributed by atoms with Crippen molar-refractivity contribution in [1.82, 2.24) is 15.2 Å². The Hall–Kier alpha value is -3.20. The molecule has 0 bridgehead atoms. The van der Waals surface area contributed by atoms with E-state index in [0.717, 1.165) is 23.4 Å². The van der Waals surface area contributed by atoms with Crippen molar-refractivity contribution >= 4 is 17.4 Å². The predicted octanol–water partition coefficient (Wildman–Crippen LogP) is 4.57. The number of methoxy groups -OCH3 is 3. The van der Waals surface area contributed by atoms with Gasteiger partial charge in [-0.1, -0.05) is 36.9 Å². The third-order valence-corrected chi connectivity index (χ3v) is 5.83. The molecule has 9 heteroatoms. The van der Waals surface area contributed by atoms with Crippen LogP contribution in [0.3, 0.4) is 0 Å². The van der Waals surface area contributed by atoms with Crippen LogP contribution < -0.4 is 24.3 Å². The first kappa shape index (κ1) is 21.0. The van der Waals surface area contributed by atoms with Gasteiger partial charge < -0.3 is 24.3 Å². The van der Waals surface area contributed by atoms with E-state index in [4.69, 9.17) is 18.9 Å². The third kappa shape index (κ3) is 4.18. The zero-order valence-electron chi connectivity index (χ0n) is 17.8. The molecule has 1 aliphatic rings. The molecule has 2 aromatic carbocycles. The van der Waals surface area contributed by atoms with E-state index in [-0.39, 0.29) is 0 Å². The molecule has 2 heterocycles. The SMILES string of the molecule is CCCSc1nnc2c(n1)O[C@H](c1c(OC)cc(OC)cc1OC)Nc1ccccc1-2. The summed E-state index contributed by atoms with van der Waals surface area (Å²) in [4.78, 5) is 4.65.